The van der Waals surface area contributed by atoms with Crippen LogP contribution in [0.3, 0.4) is 0 Å². The molecule has 3 rings (SSSR count). The van der Waals surface area contributed by atoms with E-state index in [1.54, 1.807) is 42.5 Å². The maximum Gasteiger partial charge on any atom is 0.243 e. The smallest absolute Gasteiger partial charge is 0.243 e. The highest BCUT2D eigenvalue weighted by molar-refractivity contribution is 7.90. The van der Waals surface area contributed by atoms with E-state index in [2.05, 4.69) is 0 Å². The molecule has 1 aliphatic rings. The van der Waals surface area contributed by atoms with Crippen molar-refractivity contribution in [1.82, 2.24) is 13.5 Å². The Labute approximate surface area is 245 Å². The maximum atomic E-state index is 14.3. The molecule has 2 atom stereocenters. The van der Waals surface area contributed by atoms with Crippen molar-refractivity contribution < 1.29 is 26.7 Å². The number of carbonyl (C=O) groups is 1. The van der Waals surface area contributed by atoms with Crippen LogP contribution in [0.1, 0.15) is 39.2 Å². The Bertz CT molecular complexity index is 1360. The van der Waals surface area contributed by atoms with Gasteiger partial charge in [-0.3, -0.25) is 4.79 Å². The summed E-state index contributed by atoms with van der Waals surface area (Å²) in [4.78, 5) is 14.6. The zero-order valence-electron chi connectivity index (χ0n) is 24.4. The lowest BCUT2D eigenvalue weighted by molar-refractivity contribution is -0.121. The third-order valence-corrected chi connectivity index (χ3v) is 12.5. The number of sulfonamides is 2. The summed E-state index contributed by atoms with van der Waals surface area (Å²) in [5, 5.41) is 12.5. The molecule has 41 heavy (non-hydrogen) atoms. The highest BCUT2D eigenvalue weighted by Gasteiger charge is 2.58. The van der Waals surface area contributed by atoms with Gasteiger partial charge in [-0.1, -0.05) is 62.4 Å². The first-order valence-electron chi connectivity index (χ1n) is 13.9. The summed E-state index contributed by atoms with van der Waals surface area (Å²) in [5.74, 6) is -0.908. The molecule has 1 aliphatic heterocycles. The van der Waals surface area contributed by atoms with E-state index in [0.29, 0.717) is 18.7 Å². The fraction of sp³-hybridized carbons (Fsp3) is 0.552. The van der Waals surface area contributed by atoms with E-state index in [1.807, 2.05) is 31.9 Å². The Morgan fingerprint density at radius 1 is 0.976 bits per heavy atom. The van der Waals surface area contributed by atoms with E-state index < -0.39 is 42.7 Å². The van der Waals surface area contributed by atoms with Crippen molar-refractivity contribution in [2.45, 2.75) is 55.3 Å². The Balaban J connectivity index is 2.10. The maximum absolute atomic E-state index is 14.3. The van der Waals surface area contributed by atoms with Crippen molar-refractivity contribution in [3.8, 4) is 0 Å². The van der Waals surface area contributed by atoms with Crippen molar-refractivity contribution in [2.75, 3.05) is 46.3 Å². The van der Waals surface area contributed by atoms with E-state index in [0.717, 1.165) is 0 Å². The second kappa shape index (κ2) is 13.3. The summed E-state index contributed by atoms with van der Waals surface area (Å²) >= 11 is 0. The number of aliphatic hydroxyl groups is 1. The van der Waals surface area contributed by atoms with Gasteiger partial charge in [0.25, 0.3) is 0 Å². The van der Waals surface area contributed by atoms with Gasteiger partial charge in [-0.25, -0.2) is 16.8 Å². The van der Waals surface area contributed by atoms with Gasteiger partial charge in [-0.2, -0.15) is 8.61 Å². The number of likely N-dealkylation sites (N-methyl/N-ethyl adjacent to an activating group) is 1. The van der Waals surface area contributed by atoms with Crippen LogP contribution in [0.15, 0.2) is 65.6 Å². The fourth-order valence-corrected chi connectivity index (χ4v) is 9.20. The number of rotatable bonds is 14. The molecular formula is C29H44N4O6S2. The SMILES string of the molecule is CC(C)CN(CC[C@](O)(Cc1ccccc1)C(C)(CC(N)=O)S(=O)(=O)N1CCN(C)CC1)S(=O)(=O)c1ccccc1. The monoisotopic (exact) mass is 608 g/mol. The summed E-state index contributed by atoms with van der Waals surface area (Å²) in [6, 6.07) is 16.9. The first kappa shape index (κ1) is 33.2. The second-order valence-electron chi connectivity index (χ2n) is 11.6. The van der Waals surface area contributed by atoms with Crippen LogP contribution in [0.25, 0.3) is 0 Å². The minimum Gasteiger partial charge on any atom is -0.388 e. The number of nitrogens with two attached hydrogens (primary N) is 1. The Kier molecular flexibility index (Phi) is 10.8. The molecule has 1 heterocycles. The number of amides is 1. The third-order valence-electron chi connectivity index (χ3n) is 7.93. The summed E-state index contributed by atoms with van der Waals surface area (Å²) in [6.07, 6.45) is -0.983. The first-order valence-corrected chi connectivity index (χ1v) is 16.8. The van der Waals surface area contributed by atoms with Gasteiger partial charge in [0.1, 0.15) is 4.75 Å². The summed E-state index contributed by atoms with van der Waals surface area (Å²) < 4.78 is 56.6. The molecule has 0 aromatic heterocycles. The topological polar surface area (TPSA) is 141 Å². The van der Waals surface area contributed by atoms with E-state index in [-0.39, 0.29) is 49.8 Å². The molecule has 0 radical (unpaired) electrons. The van der Waals surface area contributed by atoms with E-state index in [1.165, 1.54) is 27.7 Å². The van der Waals surface area contributed by atoms with Crippen LogP contribution in [0.5, 0.6) is 0 Å². The van der Waals surface area contributed by atoms with Gasteiger partial charge in [0.2, 0.25) is 26.0 Å². The van der Waals surface area contributed by atoms with Gasteiger partial charge in [0.15, 0.2) is 0 Å². The lowest BCUT2D eigenvalue weighted by Crippen LogP contribution is -2.65. The van der Waals surface area contributed by atoms with Gasteiger partial charge in [-0.05, 0) is 44.0 Å². The number of piperazine rings is 1. The van der Waals surface area contributed by atoms with Crippen molar-refractivity contribution in [3.05, 3.63) is 66.2 Å². The van der Waals surface area contributed by atoms with Crippen LogP contribution >= 0.6 is 0 Å². The minimum absolute atomic E-state index is 0.0400. The molecule has 1 fully saturated rings. The van der Waals surface area contributed by atoms with Gasteiger partial charge in [-0.15, -0.1) is 0 Å². The number of benzene rings is 2. The minimum atomic E-state index is -4.29. The van der Waals surface area contributed by atoms with Gasteiger partial charge in [0, 0.05) is 52.1 Å². The van der Waals surface area contributed by atoms with Crippen LogP contribution < -0.4 is 5.73 Å². The standard InChI is InChI=1S/C29H44N4O6S2/c1-24(2)23-33(40(36,37)26-13-9-6-10-14-26)16-15-29(35,21-25-11-7-5-8-12-25)28(3,22-27(30)34)41(38,39)32-19-17-31(4)18-20-32/h5-14,24,35H,15-23H2,1-4H3,(H2,30,34)/t28?,29-/m0/s1. The zero-order valence-corrected chi connectivity index (χ0v) is 26.1. The molecular weight excluding hydrogens is 564 g/mol. The highest BCUT2D eigenvalue weighted by Crippen LogP contribution is 2.41. The Morgan fingerprint density at radius 3 is 2.02 bits per heavy atom. The molecule has 0 aliphatic carbocycles. The van der Waals surface area contributed by atoms with Crippen LogP contribution in [-0.2, 0) is 31.3 Å². The molecule has 0 bridgehead atoms. The second-order valence-corrected chi connectivity index (χ2v) is 15.9. The van der Waals surface area contributed by atoms with E-state index in [4.69, 9.17) is 5.73 Å². The summed E-state index contributed by atoms with van der Waals surface area (Å²) in [7, 11) is -6.35. The van der Waals surface area contributed by atoms with Gasteiger partial charge >= 0.3 is 0 Å². The third kappa shape index (κ3) is 7.54. The number of nitrogens with zero attached hydrogens (tertiary/aromatic N) is 3. The van der Waals surface area contributed by atoms with Crippen molar-refractivity contribution in [3.63, 3.8) is 0 Å². The Morgan fingerprint density at radius 2 is 1.51 bits per heavy atom. The van der Waals surface area contributed by atoms with Crippen LogP contribution in [0.4, 0.5) is 0 Å². The molecule has 0 spiro atoms. The first-order chi connectivity index (χ1) is 19.1. The predicted octanol–water partition coefficient (Wildman–Crippen LogP) is 1.91. The molecule has 12 heteroatoms. The number of hydrogen-bond donors (Lipinski definition) is 2. The number of hydrogen-bond acceptors (Lipinski definition) is 7. The van der Waals surface area contributed by atoms with Gasteiger partial charge in [0.05, 0.1) is 10.5 Å². The zero-order chi connectivity index (χ0) is 30.5. The molecule has 0 saturated carbocycles. The quantitative estimate of drug-likeness (QED) is 0.334. The summed E-state index contributed by atoms with van der Waals surface area (Å²) in [5.41, 5.74) is 4.24. The molecule has 2 aromatic rings. The Hall–Kier alpha value is -2.35. The van der Waals surface area contributed by atoms with E-state index >= 15 is 0 Å². The highest BCUT2D eigenvalue weighted by atomic mass is 32.2. The summed E-state index contributed by atoms with van der Waals surface area (Å²) in [6.45, 7) is 6.56. The average Bonchev–Trinajstić information content (AvgIpc) is 2.91. The average molecular weight is 609 g/mol. The molecule has 10 nitrogen and oxygen atoms in total. The van der Waals surface area contributed by atoms with Crippen molar-refractivity contribution in [1.29, 1.82) is 0 Å². The molecule has 3 N–H and O–H groups in total. The predicted molar refractivity (Wildman–Crippen MR) is 160 cm³/mol. The largest absolute Gasteiger partial charge is 0.388 e. The van der Waals surface area contributed by atoms with Crippen molar-refractivity contribution in [2.24, 2.45) is 11.7 Å². The number of carbonyl (C=O) groups excluding carboxylic acids is 1. The van der Waals surface area contributed by atoms with E-state index in [9.17, 15) is 26.7 Å². The van der Waals surface area contributed by atoms with Crippen LogP contribution in [0.2, 0.25) is 0 Å². The lowest BCUT2D eigenvalue weighted by Gasteiger charge is -2.47. The molecule has 1 saturated heterocycles. The molecule has 2 aromatic carbocycles. The van der Waals surface area contributed by atoms with Crippen molar-refractivity contribution >= 4 is 26.0 Å². The van der Waals surface area contributed by atoms with Gasteiger partial charge < -0.3 is 15.7 Å². The molecule has 228 valence electrons. The molecule has 1 unspecified atom stereocenters. The van der Waals surface area contributed by atoms with Crippen LogP contribution in [0, 0.1) is 5.92 Å². The fourth-order valence-electron chi connectivity index (χ4n) is 5.38. The number of primary amides is 1. The molecule has 1 amide bonds. The van der Waals surface area contributed by atoms with Crippen LogP contribution in [-0.4, -0.2) is 98.0 Å². The lowest BCUT2D eigenvalue weighted by atomic mass is 9.78. The normalized spacial score (nSPS) is 18.7.